The van der Waals surface area contributed by atoms with Crippen LogP contribution in [0, 0.1) is 0 Å². The molecule has 1 unspecified atom stereocenters. The van der Waals surface area contributed by atoms with Crippen molar-refractivity contribution >= 4 is 10.9 Å². The Balaban J connectivity index is 2.38. The van der Waals surface area contributed by atoms with Crippen LogP contribution in [0.4, 0.5) is 0 Å². The van der Waals surface area contributed by atoms with Gasteiger partial charge in [-0.3, -0.25) is 0 Å². The van der Waals surface area contributed by atoms with Crippen LogP contribution in [-0.2, 0) is 6.42 Å². The lowest BCUT2D eigenvalue weighted by Crippen LogP contribution is -2.05. The minimum absolute atomic E-state index is 0.224. The van der Waals surface area contributed by atoms with E-state index in [1.165, 1.54) is 22.2 Å². The van der Waals surface area contributed by atoms with Crippen LogP contribution in [0.2, 0.25) is 0 Å². The number of aromatic amines is 1. The standard InChI is InChI=1S/C11H12N2/c12-9-6-5-8-7-3-1-2-4-10(7)13-11(8)9/h1-4,9,13H,5-6,12H2. The average molecular weight is 172 g/mol. The molecule has 0 amide bonds. The van der Waals surface area contributed by atoms with Crippen molar-refractivity contribution in [3.63, 3.8) is 0 Å². The van der Waals surface area contributed by atoms with Crippen molar-refractivity contribution in [2.75, 3.05) is 0 Å². The molecule has 0 aliphatic heterocycles. The van der Waals surface area contributed by atoms with E-state index in [9.17, 15) is 0 Å². The molecule has 0 bridgehead atoms. The maximum atomic E-state index is 5.98. The van der Waals surface area contributed by atoms with Crippen LogP contribution in [0.15, 0.2) is 24.3 Å². The van der Waals surface area contributed by atoms with Gasteiger partial charge in [0.15, 0.2) is 0 Å². The fraction of sp³-hybridized carbons (Fsp3) is 0.273. The topological polar surface area (TPSA) is 41.8 Å². The molecule has 0 saturated heterocycles. The van der Waals surface area contributed by atoms with E-state index < -0.39 is 0 Å². The molecule has 2 nitrogen and oxygen atoms in total. The zero-order valence-corrected chi connectivity index (χ0v) is 7.38. The summed E-state index contributed by atoms with van der Waals surface area (Å²) in [7, 11) is 0. The number of fused-ring (bicyclic) bond motifs is 3. The van der Waals surface area contributed by atoms with Gasteiger partial charge in [-0.15, -0.1) is 0 Å². The molecule has 0 radical (unpaired) electrons. The normalized spacial score (nSPS) is 20.8. The van der Waals surface area contributed by atoms with Gasteiger partial charge in [0.1, 0.15) is 0 Å². The molecule has 0 saturated carbocycles. The number of para-hydroxylation sites is 1. The summed E-state index contributed by atoms with van der Waals surface area (Å²) in [5.74, 6) is 0. The van der Waals surface area contributed by atoms with Crippen LogP contribution in [0.1, 0.15) is 23.7 Å². The van der Waals surface area contributed by atoms with Crippen LogP contribution in [0.25, 0.3) is 10.9 Å². The number of hydrogen-bond acceptors (Lipinski definition) is 1. The summed E-state index contributed by atoms with van der Waals surface area (Å²) in [6.45, 7) is 0. The molecule has 66 valence electrons. The monoisotopic (exact) mass is 172 g/mol. The number of aryl methyl sites for hydroxylation is 1. The lowest BCUT2D eigenvalue weighted by atomic mass is 10.1. The second-order valence-electron chi connectivity index (χ2n) is 3.71. The summed E-state index contributed by atoms with van der Waals surface area (Å²) < 4.78 is 0. The Hall–Kier alpha value is -1.28. The predicted octanol–water partition coefficient (Wildman–Crippen LogP) is 2.11. The smallest absolute Gasteiger partial charge is 0.0459 e. The maximum Gasteiger partial charge on any atom is 0.0459 e. The molecular weight excluding hydrogens is 160 g/mol. The first-order valence-electron chi connectivity index (χ1n) is 4.71. The van der Waals surface area contributed by atoms with Crippen molar-refractivity contribution in [1.29, 1.82) is 0 Å². The summed E-state index contributed by atoms with van der Waals surface area (Å²) >= 11 is 0. The molecule has 1 aromatic heterocycles. The highest BCUT2D eigenvalue weighted by Crippen LogP contribution is 2.34. The molecule has 0 fully saturated rings. The number of nitrogens with two attached hydrogens (primary N) is 1. The van der Waals surface area contributed by atoms with Gasteiger partial charge in [-0.25, -0.2) is 0 Å². The fourth-order valence-corrected chi connectivity index (χ4v) is 2.25. The van der Waals surface area contributed by atoms with E-state index in [1.54, 1.807) is 0 Å². The second-order valence-corrected chi connectivity index (χ2v) is 3.71. The zero-order valence-electron chi connectivity index (χ0n) is 7.38. The van der Waals surface area contributed by atoms with Gasteiger partial charge in [-0.1, -0.05) is 18.2 Å². The minimum Gasteiger partial charge on any atom is -0.357 e. The fourth-order valence-electron chi connectivity index (χ4n) is 2.25. The summed E-state index contributed by atoms with van der Waals surface area (Å²) in [5, 5.41) is 1.35. The van der Waals surface area contributed by atoms with Gasteiger partial charge in [-0.2, -0.15) is 0 Å². The summed E-state index contributed by atoms with van der Waals surface area (Å²) in [4.78, 5) is 3.40. The third-order valence-electron chi connectivity index (χ3n) is 2.92. The van der Waals surface area contributed by atoms with Crippen LogP contribution in [0.5, 0.6) is 0 Å². The first-order valence-corrected chi connectivity index (χ1v) is 4.71. The molecule has 13 heavy (non-hydrogen) atoms. The van der Waals surface area contributed by atoms with Crippen LogP contribution < -0.4 is 5.73 Å². The van der Waals surface area contributed by atoms with Crippen LogP contribution in [0.3, 0.4) is 0 Å². The molecular formula is C11H12N2. The molecule has 2 aromatic rings. The van der Waals surface area contributed by atoms with E-state index in [0.717, 1.165) is 12.8 Å². The Kier molecular flexibility index (Phi) is 1.30. The number of nitrogens with one attached hydrogen (secondary N) is 1. The Labute approximate surface area is 76.8 Å². The van der Waals surface area contributed by atoms with Crippen LogP contribution >= 0.6 is 0 Å². The van der Waals surface area contributed by atoms with E-state index in [0.29, 0.717) is 0 Å². The minimum atomic E-state index is 0.224. The van der Waals surface area contributed by atoms with Gasteiger partial charge in [-0.05, 0) is 24.5 Å². The molecule has 1 atom stereocenters. The Bertz CT molecular complexity index is 456. The van der Waals surface area contributed by atoms with Gasteiger partial charge >= 0.3 is 0 Å². The molecule has 1 aliphatic rings. The molecule has 3 N–H and O–H groups in total. The number of hydrogen-bond donors (Lipinski definition) is 2. The van der Waals surface area contributed by atoms with Crippen molar-refractivity contribution in [1.82, 2.24) is 4.98 Å². The van der Waals surface area contributed by atoms with Crippen molar-refractivity contribution in [2.45, 2.75) is 18.9 Å². The summed E-state index contributed by atoms with van der Waals surface area (Å²) in [6, 6.07) is 8.64. The van der Waals surface area contributed by atoms with Gasteiger partial charge in [0, 0.05) is 22.6 Å². The Morgan fingerprint density at radius 3 is 3.08 bits per heavy atom. The average Bonchev–Trinajstić information content (AvgIpc) is 2.67. The highest BCUT2D eigenvalue weighted by Gasteiger charge is 2.22. The molecule has 1 heterocycles. The van der Waals surface area contributed by atoms with Crippen molar-refractivity contribution in [3.8, 4) is 0 Å². The first kappa shape index (κ1) is 7.15. The van der Waals surface area contributed by atoms with E-state index >= 15 is 0 Å². The predicted molar refractivity (Wildman–Crippen MR) is 53.5 cm³/mol. The SMILES string of the molecule is NC1CCc2c1[nH]c1ccccc21. The number of H-pyrrole nitrogens is 1. The molecule has 1 aromatic carbocycles. The number of rotatable bonds is 0. The highest BCUT2D eigenvalue weighted by molar-refractivity contribution is 5.85. The van der Waals surface area contributed by atoms with Gasteiger partial charge < -0.3 is 10.7 Å². The third-order valence-corrected chi connectivity index (χ3v) is 2.92. The van der Waals surface area contributed by atoms with E-state index in [1.807, 2.05) is 0 Å². The van der Waals surface area contributed by atoms with Crippen molar-refractivity contribution < 1.29 is 0 Å². The Morgan fingerprint density at radius 2 is 2.15 bits per heavy atom. The van der Waals surface area contributed by atoms with E-state index in [4.69, 9.17) is 5.73 Å². The molecule has 0 spiro atoms. The van der Waals surface area contributed by atoms with Gasteiger partial charge in [0.25, 0.3) is 0 Å². The van der Waals surface area contributed by atoms with Gasteiger partial charge in [0.05, 0.1) is 0 Å². The summed E-state index contributed by atoms with van der Waals surface area (Å²) in [5.41, 5.74) is 9.89. The number of aromatic nitrogens is 1. The zero-order chi connectivity index (χ0) is 8.84. The first-order chi connectivity index (χ1) is 6.36. The Morgan fingerprint density at radius 1 is 1.31 bits per heavy atom. The van der Waals surface area contributed by atoms with Crippen LogP contribution in [-0.4, -0.2) is 4.98 Å². The van der Waals surface area contributed by atoms with Crippen molar-refractivity contribution in [3.05, 3.63) is 35.5 Å². The van der Waals surface area contributed by atoms with Gasteiger partial charge in [0.2, 0.25) is 0 Å². The van der Waals surface area contributed by atoms with Crippen molar-refractivity contribution in [2.24, 2.45) is 5.73 Å². The van der Waals surface area contributed by atoms with E-state index in [-0.39, 0.29) is 6.04 Å². The number of benzene rings is 1. The maximum absolute atomic E-state index is 5.98. The lowest BCUT2D eigenvalue weighted by molar-refractivity contribution is 0.699. The molecule has 2 heteroatoms. The van der Waals surface area contributed by atoms with E-state index in [2.05, 4.69) is 29.2 Å². The largest absolute Gasteiger partial charge is 0.357 e. The third kappa shape index (κ3) is 0.864. The quantitative estimate of drug-likeness (QED) is 0.628. The highest BCUT2D eigenvalue weighted by atomic mass is 14.8. The lowest BCUT2D eigenvalue weighted by Gasteiger charge is -1.98. The second kappa shape index (κ2) is 2.36. The molecule has 3 rings (SSSR count). The molecule has 1 aliphatic carbocycles. The summed E-state index contributed by atoms with van der Waals surface area (Å²) in [6.07, 6.45) is 2.21.